The Labute approximate surface area is 63.4 Å². The highest BCUT2D eigenvalue weighted by molar-refractivity contribution is 7.80. The molecule has 0 nitrogen and oxygen atoms in total. The van der Waals surface area contributed by atoms with E-state index in [1.165, 1.54) is 38.5 Å². The van der Waals surface area contributed by atoms with Crippen LogP contribution < -0.4 is 0 Å². The Kier molecular flexibility index (Phi) is 3.49. The maximum Gasteiger partial charge on any atom is 0.00369 e. The summed E-state index contributed by atoms with van der Waals surface area (Å²) in [6, 6.07) is 0. The smallest absolute Gasteiger partial charge is 0.00369 e. The minimum absolute atomic E-state index is 0.963. The molecule has 0 aromatic rings. The summed E-state index contributed by atoms with van der Waals surface area (Å²) in [7, 11) is 0. The molecule has 0 saturated heterocycles. The van der Waals surface area contributed by atoms with E-state index in [1.807, 2.05) is 0 Å². The van der Waals surface area contributed by atoms with Crippen molar-refractivity contribution in [2.45, 2.75) is 38.5 Å². The van der Waals surface area contributed by atoms with Crippen LogP contribution in [0.25, 0.3) is 0 Å². The van der Waals surface area contributed by atoms with E-state index in [2.05, 4.69) is 0 Å². The molecular weight excluding hydrogens is 128 g/mol. The summed E-state index contributed by atoms with van der Waals surface area (Å²) in [6.45, 7) is 0. The van der Waals surface area contributed by atoms with Crippen molar-refractivity contribution >= 4 is 12.6 Å². The molecule has 0 unspecified atom stereocenters. The normalized spacial score (nSPS) is 18.3. The fraction of sp³-hybridized carbons (Fsp3) is 1.00. The maximum absolute atomic E-state index is 4.85. The molecule has 0 bridgehead atoms. The molecule has 1 radical (unpaired) electrons. The van der Waals surface area contributed by atoms with Gasteiger partial charge in [0.1, 0.15) is 0 Å². The first-order chi connectivity index (χ1) is 4.43. The van der Waals surface area contributed by atoms with Crippen LogP contribution in [-0.4, -0.2) is 5.75 Å². The predicted molar refractivity (Wildman–Crippen MR) is 43.7 cm³/mol. The Morgan fingerprint density at radius 2 is 1.89 bits per heavy atom. The average molecular weight is 143 g/mol. The molecule has 0 N–H and O–H groups in total. The third-order valence-electron chi connectivity index (χ3n) is 1.95. The van der Waals surface area contributed by atoms with Crippen LogP contribution >= 0.6 is 12.6 Å². The number of hydrogen-bond donors (Lipinski definition) is 0. The molecule has 1 rings (SSSR count). The van der Waals surface area contributed by atoms with Crippen molar-refractivity contribution in [3.8, 4) is 0 Å². The van der Waals surface area contributed by atoms with Gasteiger partial charge in [0.15, 0.2) is 0 Å². The van der Waals surface area contributed by atoms with Gasteiger partial charge >= 0.3 is 0 Å². The van der Waals surface area contributed by atoms with Crippen LogP contribution in [0.2, 0.25) is 0 Å². The van der Waals surface area contributed by atoms with Crippen LogP contribution in [0, 0.1) is 5.92 Å². The molecule has 1 saturated carbocycles. The van der Waals surface area contributed by atoms with Crippen molar-refractivity contribution < 1.29 is 0 Å². The second kappa shape index (κ2) is 4.21. The van der Waals surface area contributed by atoms with Crippen LogP contribution in [0.3, 0.4) is 0 Å². The second-order valence-corrected chi connectivity index (χ2v) is 3.41. The summed E-state index contributed by atoms with van der Waals surface area (Å²) in [5, 5.41) is 0. The first-order valence-electron chi connectivity index (χ1n) is 4.01. The number of rotatable bonds is 5. The first kappa shape index (κ1) is 7.46. The molecule has 1 fully saturated rings. The van der Waals surface area contributed by atoms with E-state index in [-0.39, 0.29) is 0 Å². The number of unbranched alkanes of at least 4 members (excludes halogenated alkanes) is 2. The average Bonchev–Trinajstić information content (AvgIpc) is 2.63. The molecule has 1 aliphatic carbocycles. The number of hydrogen-bond acceptors (Lipinski definition) is 0. The summed E-state index contributed by atoms with van der Waals surface area (Å²) < 4.78 is 0. The molecule has 0 aliphatic heterocycles. The van der Waals surface area contributed by atoms with Gasteiger partial charge in [0.05, 0.1) is 0 Å². The summed E-state index contributed by atoms with van der Waals surface area (Å²) in [5.41, 5.74) is 0. The van der Waals surface area contributed by atoms with Gasteiger partial charge in [-0.05, 0) is 12.3 Å². The maximum atomic E-state index is 4.85. The lowest BCUT2D eigenvalue weighted by Crippen LogP contribution is -1.79. The van der Waals surface area contributed by atoms with Gasteiger partial charge in [-0.3, -0.25) is 0 Å². The summed E-state index contributed by atoms with van der Waals surface area (Å²) in [5.74, 6) is 2.08. The zero-order chi connectivity index (χ0) is 6.53. The van der Waals surface area contributed by atoms with E-state index in [0.717, 1.165) is 11.7 Å². The van der Waals surface area contributed by atoms with E-state index < -0.39 is 0 Å². The molecule has 1 heteroatoms. The van der Waals surface area contributed by atoms with E-state index in [0.29, 0.717) is 0 Å². The van der Waals surface area contributed by atoms with E-state index in [9.17, 15) is 0 Å². The zero-order valence-corrected chi connectivity index (χ0v) is 6.75. The van der Waals surface area contributed by atoms with Gasteiger partial charge in [-0.15, -0.1) is 0 Å². The van der Waals surface area contributed by atoms with Crippen molar-refractivity contribution in [3.05, 3.63) is 0 Å². The van der Waals surface area contributed by atoms with E-state index >= 15 is 0 Å². The Bertz CT molecular complexity index is 67.0. The fourth-order valence-electron chi connectivity index (χ4n) is 1.12. The Morgan fingerprint density at radius 1 is 1.11 bits per heavy atom. The summed E-state index contributed by atoms with van der Waals surface area (Å²) >= 11 is 4.85. The highest BCUT2D eigenvalue weighted by Crippen LogP contribution is 2.33. The Morgan fingerprint density at radius 3 is 2.44 bits per heavy atom. The molecule has 0 heterocycles. The third-order valence-corrected chi connectivity index (χ3v) is 2.24. The molecular formula is C8H15S. The molecule has 0 atom stereocenters. The minimum atomic E-state index is 0.963. The van der Waals surface area contributed by atoms with Gasteiger partial charge in [-0.2, -0.15) is 0 Å². The SMILES string of the molecule is [S]CCCCCC1CC1. The molecule has 9 heavy (non-hydrogen) atoms. The van der Waals surface area contributed by atoms with Gasteiger partial charge in [-0.25, -0.2) is 0 Å². The van der Waals surface area contributed by atoms with Crippen LogP contribution in [0.1, 0.15) is 38.5 Å². The molecule has 0 amide bonds. The first-order valence-corrected chi connectivity index (χ1v) is 4.59. The highest BCUT2D eigenvalue weighted by Gasteiger charge is 2.19. The predicted octanol–water partition coefficient (Wildman–Crippen LogP) is 3.15. The fourth-order valence-corrected chi connectivity index (χ4v) is 1.32. The molecule has 53 valence electrons. The summed E-state index contributed by atoms with van der Waals surface area (Å²) in [4.78, 5) is 0. The van der Waals surface area contributed by atoms with Crippen molar-refractivity contribution in [1.29, 1.82) is 0 Å². The second-order valence-electron chi connectivity index (χ2n) is 3.00. The van der Waals surface area contributed by atoms with Gasteiger partial charge in [-0.1, -0.05) is 44.7 Å². The lowest BCUT2D eigenvalue weighted by molar-refractivity contribution is 0.623. The minimum Gasteiger partial charge on any atom is -0.0942 e. The molecule has 0 aromatic heterocycles. The van der Waals surface area contributed by atoms with E-state index in [1.54, 1.807) is 0 Å². The van der Waals surface area contributed by atoms with Crippen molar-refractivity contribution in [2.24, 2.45) is 5.92 Å². The van der Waals surface area contributed by atoms with Crippen molar-refractivity contribution in [3.63, 3.8) is 0 Å². The zero-order valence-electron chi connectivity index (χ0n) is 5.94. The molecule has 0 aromatic carbocycles. The van der Waals surface area contributed by atoms with Crippen LogP contribution in [0.5, 0.6) is 0 Å². The van der Waals surface area contributed by atoms with Gasteiger partial charge in [0.25, 0.3) is 0 Å². The molecule has 1 aliphatic rings. The van der Waals surface area contributed by atoms with Gasteiger partial charge in [0, 0.05) is 5.75 Å². The standard InChI is InChI=1S/C8H15S/c9-7-3-1-2-4-8-5-6-8/h8H,1-7H2. The van der Waals surface area contributed by atoms with Gasteiger partial charge < -0.3 is 0 Å². The van der Waals surface area contributed by atoms with Crippen molar-refractivity contribution in [1.82, 2.24) is 0 Å². The van der Waals surface area contributed by atoms with Gasteiger partial charge in [0.2, 0.25) is 0 Å². The largest absolute Gasteiger partial charge is 0.0942 e. The Hall–Kier alpha value is 0.350. The lowest BCUT2D eigenvalue weighted by Gasteiger charge is -1.94. The lowest BCUT2D eigenvalue weighted by atomic mass is 10.1. The topological polar surface area (TPSA) is 0 Å². The van der Waals surface area contributed by atoms with E-state index in [4.69, 9.17) is 12.6 Å². The Balaban J connectivity index is 1.71. The monoisotopic (exact) mass is 143 g/mol. The highest BCUT2D eigenvalue weighted by atomic mass is 32.1. The van der Waals surface area contributed by atoms with Crippen molar-refractivity contribution in [2.75, 3.05) is 5.75 Å². The van der Waals surface area contributed by atoms with Crippen LogP contribution in [0.15, 0.2) is 0 Å². The third kappa shape index (κ3) is 3.85. The van der Waals surface area contributed by atoms with Crippen LogP contribution in [-0.2, 0) is 0 Å². The molecule has 0 spiro atoms. The summed E-state index contributed by atoms with van der Waals surface area (Å²) in [6.07, 6.45) is 8.57. The van der Waals surface area contributed by atoms with Crippen LogP contribution in [0.4, 0.5) is 0 Å². The quantitative estimate of drug-likeness (QED) is 0.519.